The molecule has 0 spiro atoms. The summed E-state index contributed by atoms with van der Waals surface area (Å²) in [6, 6.07) is 5.52. The highest BCUT2D eigenvalue weighted by molar-refractivity contribution is 5.81. The first-order valence-electron chi connectivity index (χ1n) is 14.6. The monoisotopic (exact) mass is 522 g/mol. The molecule has 2 aliphatic heterocycles. The number of hydrogen-bond donors (Lipinski definition) is 2. The van der Waals surface area contributed by atoms with E-state index in [2.05, 4.69) is 36.7 Å². The van der Waals surface area contributed by atoms with Gasteiger partial charge in [0.15, 0.2) is 18.2 Å². The molecule has 1 aromatic rings. The fraction of sp³-hybridized carbons (Fsp3) is 0.625. The Balaban J connectivity index is 1.23. The van der Waals surface area contributed by atoms with Crippen molar-refractivity contribution in [3.05, 3.63) is 47.3 Å². The van der Waals surface area contributed by atoms with Crippen molar-refractivity contribution in [2.24, 2.45) is 16.3 Å². The Hall–Kier alpha value is -2.60. The number of allylic oxidation sites excluding steroid dienone is 1. The minimum absolute atomic E-state index is 0.0807. The Morgan fingerprint density at radius 3 is 2.79 bits per heavy atom. The number of aromatic hydroxyl groups is 1. The van der Waals surface area contributed by atoms with Crippen LogP contribution < -0.4 is 4.74 Å². The maximum Gasteiger partial charge on any atom is 0.163 e. The topological polar surface area (TPSA) is 82.4 Å². The van der Waals surface area contributed by atoms with Gasteiger partial charge in [-0.1, -0.05) is 46.1 Å². The van der Waals surface area contributed by atoms with Crippen LogP contribution in [0.1, 0.15) is 97.0 Å². The van der Waals surface area contributed by atoms with Crippen molar-refractivity contribution in [3.63, 3.8) is 0 Å². The van der Waals surface area contributed by atoms with E-state index in [9.17, 15) is 15.0 Å². The van der Waals surface area contributed by atoms with Gasteiger partial charge in [0.2, 0.25) is 0 Å². The number of hydrogen-bond acceptors (Lipinski definition) is 6. The van der Waals surface area contributed by atoms with Crippen LogP contribution in [-0.2, 0) is 11.2 Å². The largest absolute Gasteiger partial charge is 0.504 e. The summed E-state index contributed by atoms with van der Waals surface area (Å²) in [5.41, 5.74) is 3.61. The number of ketones is 1. The molecule has 1 fully saturated rings. The van der Waals surface area contributed by atoms with Gasteiger partial charge in [0.25, 0.3) is 0 Å². The van der Waals surface area contributed by atoms with Gasteiger partial charge in [0.05, 0.1) is 17.8 Å². The van der Waals surface area contributed by atoms with Crippen molar-refractivity contribution in [3.8, 4) is 11.5 Å². The molecule has 208 valence electrons. The number of carbonyl (C=O) groups excluding carboxylic acids is 1. The first-order valence-corrected chi connectivity index (χ1v) is 14.6. The summed E-state index contributed by atoms with van der Waals surface area (Å²) >= 11 is 0. The third-order valence-corrected chi connectivity index (χ3v) is 8.51. The van der Waals surface area contributed by atoms with Crippen molar-refractivity contribution in [2.45, 2.75) is 110 Å². The summed E-state index contributed by atoms with van der Waals surface area (Å²) in [5.74, 6) is 1.22. The van der Waals surface area contributed by atoms with Gasteiger partial charge in [-0.2, -0.15) is 0 Å². The van der Waals surface area contributed by atoms with Crippen molar-refractivity contribution in [2.75, 3.05) is 6.73 Å². The molecular weight excluding hydrogens is 476 g/mol. The first-order chi connectivity index (χ1) is 18.2. The molecule has 2 heterocycles. The number of rotatable bonds is 15. The van der Waals surface area contributed by atoms with Crippen molar-refractivity contribution in [1.29, 1.82) is 0 Å². The van der Waals surface area contributed by atoms with Crippen LogP contribution >= 0.6 is 0 Å². The van der Waals surface area contributed by atoms with Gasteiger partial charge in [-0.15, -0.1) is 0 Å². The zero-order valence-corrected chi connectivity index (χ0v) is 23.5. The summed E-state index contributed by atoms with van der Waals surface area (Å²) in [7, 11) is 0. The maximum absolute atomic E-state index is 12.5. The van der Waals surface area contributed by atoms with E-state index >= 15 is 0 Å². The van der Waals surface area contributed by atoms with E-state index < -0.39 is 6.10 Å². The molecule has 2 N–H and O–H groups in total. The molecule has 2 atom stereocenters. The molecule has 1 aromatic carbocycles. The van der Waals surface area contributed by atoms with Gasteiger partial charge >= 0.3 is 0 Å². The molecule has 38 heavy (non-hydrogen) atoms. The second kappa shape index (κ2) is 13.0. The molecular formula is C32H46N2O4. The average Bonchev–Trinajstić information content (AvgIpc) is 3.58. The van der Waals surface area contributed by atoms with Gasteiger partial charge in [-0.3, -0.25) is 9.79 Å². The highest BCUT2D eigenvalue weighted by atomic mass is 16.5. The summed E-state index contributed by atoms with van der Waals surface area (Å²) in [6.07, 6.45) is 16.8. The highest BCUT2D eigenvalue weighted by Crippen LogP contribution is 2.41. The maximum atomic E-state index is 12.5. The van der Waals surface area contributed by atoms with E-state index in [1.54, 1.807) is 6.07 Å². The van der Waals surface area contributed by atoms with Gasteiger partial charge in [-0.25, -0.2) is 0 Å². The number of benzene rings is 1. The minimum Gasteiger partial charge on any atom is -0.504 e. The number of nitrogens with zero attached hydrogens (tertiary/aromatic N) is 2. The van der Waals surface area contributed by atoms with E-state index in [-0.39, 0.29) is 24.0 Å². The lowest BCUT2D eigenvalue weighted by molar-refractivity contribution is -0.121. The highest BCUT2D eigenvalue weighted by Gasteiger charge is 2.31. The fourth-order valence-electron chi connectivity index (χ4n) is 6.08. The molecule has 0 amide bonds. The Bertz CT molecular complexity index is 1050. The summed E-state index contributed by atoms with van der Waals surface area (Å²) < 4.78 is 6.06. The number of aliphatic hydroxyl groups excluding tert-OH is 1. The Morgan fingerprint density at radius 1 is 1.24 bits per heavy atom. The number of ether oxygens (including phenoxy) is 1. The number of aliphatic hydroxyl groups is 1. The normalized spacial score (nSPS) is 20.6. The smallest absolute Gasteiger partial charge is 0.163 e. The molecule has 1 aliphatic carbocycles. The Labute approximate surface area is 228 Å². The van der Waals surface area contributed by atoms with Crippen molar-refractivity contribution >= 4 is 12.0 Å². The van der Waals surface area contributed by atoms with E-state index in [4.69, 9.17) is 4.74 Å². The Morgan fingerprint density at radius 2 is 2.03 bits per heavy atom. The zero-order valence-electron chi connectivity index (χ0n) is 23.5. The molecule has 6 heteroatoms. The zero-order chi connectivity index (χ0) is 27.1. The lowest BCUT2D eigenvalue weighted by Gasteiger charge is -2.27. The third-order valence-electron chi connectivity index (χ3n) is 8.51. The standard InChI is InChI=1S/C32H46N2O4/c1-23(2)8-12-29-27-14-18-33-28(27)21-34(29)22-38-31-19-24(10-13-30(31)37)9-11-26(36)20-25(35)7-6-17-32(3)15-4-5-16-32/h10,13-14,18-19,21,23,25,29,35,37H,4-9,11-12,15-17,20,22H2,1-3H3. The van der Waals surface area contributed by atoms with E-state index in [0.717, 1.165) is 36.9 Å². The first kappa shape index (κ1) is 28.4. The van der Waals surface area contributed by atoms with Crippen LogP contribution in [0.25, 0.3) is 0 Å². The summed E-state index contributed by atoms with van der Waals surface area (Å²) in [6.45, 7) is 7.14. The van der Waals surface area contributed by atoms with Crippen LogP contribution in [0.15, 0.2) is 46.7 Å². The van der Waals surface area contributed by atoms with Crippen LogP contribution in [0.5, 0.6) is 11.5 Å². The SMILES string of the molecule is CC(C)CCC1C2=CC=NC2=CN1COc1cc(CCC(=O)CC(O)CCCC2(C)CCCC2)ccc1O. The number of aryl methyl sites for hydroxylation is 1. The summed E-state index contributed by atoms with van der Waals surface area (Å²) in [4.78, 5) is 19.1. The minimum atomic E-state index is -0.552. The van der Waals surface area contributed by atoms with Gasteiger partial charge in [0.1, 0.15) is 5.78 Å². The van der Waals surface area contributed by atoms with E-state index in [1.807, 2.05) is 24.5 Å². The predicted octanol–water partition coefficient (Wildman–Crippen LogP) is 6.70. The van der Waals surface area contributed by atoms with E-state index in [0.29, 0.717) is 43.1 Å². The van der Waals surface area contributed by atoms with Gasteiger partial charge in [-0.05, 0) is 80.1 Å². The number of fused-ring (bicyclic) bond motifs is 1. The quantitative estimate of drug-likeness (QED) is 0.268. The number of phenolic OH excluding ortho intramolecular Hbond substituents is 1. The number of carbonyl (C=O) groups is 1. The second-order valence-corrected chi connectivity index (χ2v) is 12.3. The molecule has 0 bridgehead atoms. The van der Waals surface area contributed by atoms with Crippen molar-refractivity contribution < 1.29 is 19.7 Å². The lowest BCUT2D eigenvalue weighted by Crippen LogP contribution is -2.32. The van der Waals surface area contributed by atoms with Crippen LogP contribution in [-0.4, -0.2) is 46.0 Å². The molecule has 1 saturated carbocycles. The van der Waals surface area contributed by atoms with E-state index in [1.165, 1.54) is 31.3 Å². The molecule has 2 unspecified atom stereocenters. The number of phenols is 1. The molecule has 0 saturated heterocycles. The molecule has 3 aliphatic rings. The Kier molecular flexibility index (Phi) is 9.69. The van der Waals surface area contributed by atoms with Crippen LogP contribution in [0.4, 0.5) is 0 Å². The number of aliphatic imine (C=N–C) groups is 1. The van der Waals surface area contributed by atoms with Gasteiger partial charge < -0.3 is 19.8 Å². The molecule has 4 rings (SSSR count). The average molecular weight is 523 g/mol. The van der Waals surface area contributed by atoms with Crippen LogP contribution in [0, 0.1) is 11.3 Å². The van der Waals surface area contributed by atoms with Crippen LogP contribution in [0.2, 0.25) is 0 Å². The number of Topliss-reactive ketones (excluding diaryl/α,β-unsaturated/α-hetero) is 1. The molecule has 6 nitrogen and oxygen atoms in total. The van der Waals surface area contributed by atoms with Gasteiger partial charge in [0, 0.05) is 30.8 Å². The van der Waals surface area contributed by atoms with Crippen molar-refractivity contribution in [1.82, 2.24) is 4.90 Å². The summed E-state index contributed by atoms with van der Waals surface area (Å²) in [5, 5.41) is 20.8. The fourth-order valence-corrected chi connectivity index (χ4v) is 6.08. The lowest BCUT2D eigenvalue weighted by atomic mass is 9.83. The third kappa shape index (κ3) is 7.72. The predicted molar refractivity (Wildman–Crippen MR) is 152 cm³/mol. The molecule has 0 radical (unpaired) electrons. The second-order valence-electron chi connectivity index (χ2n) is 12.3. The van der Waals surface area contributed by atoms with Crippen LogP contribution in [0.3, 0.4) is 0 Å². The molecule has 0 aromatic heterocycles.